The quantitative estimate of drug-likeness (QED) is 0.933. The fourth-order valence-corrected chi connectivity index (χ4v) is 2.35. The highest BCUT2D eigenvalue weighted by Gasteiger charge is 2.27. The number of carbonyl (C=O) groups excluding carboxylic acids is 1. The van der Waals surface area contributed by atoms with Crippen LogP contribution < -0.4 is 0 Å². The van der Waals surface area contributed by atoms with E-state index in [-0.39, 0.29) is 19.3 Å². The van der Waals surface area contributed by atoms with Gasteiger partial charge in [-0.05, 0) is 5.56 Å². The zero-order valence-electron chi connectivity index (χ0n) is 11.5. The molecule has 0 unspecified atom stereocenters. The second-order valence-corrected chi connectivity index (χ2v) is 4.90. The second-order valence-electron chi connectivity index (χ2n) is 4.90. The van der Waals surface area contributed by atoms with Crippen LogP contribution in [0.1, 0.15) is 22.6 Å². The average molecular weight is 288 g/mol. The first-order chi connectivity index (χ1) is 10.3. The van der Waals surface area contributed by atoms with Crippen LogP contribution in [0.2, 0.25) is 0 Å². The zero-order valence-corrected chi connectivity index (χ0v) is 11.5. The van der Waals surface area contributed by atoms with Gasteiger partial charge in [-0.1, -0.05) is 35.5 Å². The van der Waals surface area contributed by atoms with Gasteiger partial charge in [-0.15, -0.1) is 0 Å². The van der Waals surface area contributed by atoms with E-state index in [1.807, 2.05) is 30.3 Å². The third-order valence-electron chi connectivity index (χ3n) is 3.52. The molecule has 1 aromatic heterocycles. The number of benzene rings is 1. The Bertz CT molecular complexity index is 610. The molecule has 0 fully saturated rings. The normalized spacial score (nSPS) is 13.9. The highest BCUT2D eigenvalue weighted by Crippen LogP contribution is 2.23. The van der Waals surface area contributed by atoms with E-state index in [0.29, 0.717) is 25.2 Å². The highest BCUT2D eigenvalue weighted by atomic mass is 16.6. The molecule has 3 rings (SSSR count). The van der Waals surface area contributed by atoms with Crippen molar-refractivity contribution < 1.29 is 19.2 Å². The largest absolute Gasteiger partial charge is 0.445 e. The van der Waals surface area contributed by atoms with Crippen LogP contribution in [0, 0.1) is 0 Å². The van der Waals surface area contributed by atoms with E-state index in [2.05, 4.69) is 5.16 Å². The smallest absolute Gasteiger partial charge is 0.410 e. The molecule has 110 valence electrons. The Balaban J connectivity index is 1.61. The number of rotatable bonds is 3. The van der Waals surface area contributed by atoms with Crippen molar-refractivity contribution in [3.05, 3.63) is 52.9 Å². The van der Waals surface area contributed by atoms with Crippen molar-refractivity contribution in [3.8, 4) is 0 Å². The molecule has 0 atom stereocenters. The number of ether oxygens (including phenoxy) is 1. The Morgan fingerprint density at radius 3 is 2.95 bits per heavy atom. The van der Waals surface area contributed by atoms with Gasteiger partial charge >= 0.3 is 6.09 Å². The van der Waals surface area contributed by atoms with Crippen molar-refractivity contribution >= 4 is 6.09 Å². The predicted octanol–water partition coefficient (Wildman–Crippen LogP) is 1.86. The minimum Gasteiger partial charge on any atom is -0.445 e. The molecule has 1 amide bonds. The maximum absolute atomic E-state index is 12.1. The molecule has 0 spiro atoms. The van der Waals surface area contributed by atoms with Crippen LogP contribution in [0.5, 0.6) is 0 Å². The molecule has 0 radical (unpaired) electrons. The number of aliphatic hydroxyl groups is 1. The first-order valence-corrected chi connectivity index (χ1v) is 6.80. The zero-order chi connectivity index (χ0) is 14.7. The fourth-order valence-electron chi connectivity index (χ4n) is 2.35. The molecular formula is C15H16N2O4. The summed E-state index contributed by atoms with van der Waals surface area (Å²) in [6, 6.07) is 9.54. The predicted molar refractivity (Wildman–Crippen MR) is 73.2 cm³/mol. The molecule has 1 N–H and O–H groups in total. The molecule has 21 heavy (non-hydrogen) atoms. The lowest BCUT2D eigenvalue weighted by molar-refractivity contribution is 0.0903. The van der Waals surface area contributed by atoms with Gasteiger partial charge in [0.15, 0.2) is 0 Å². The van der Waals surface area contributed by atoms with Crippen molar-refractivity contribution in [3.63, 3.8) is 0 Å². The van der Waals surface area contributed by atoms with Crippen molar-refractivity contribution in [2.75, 3.05) is 6.54 Å². The molecule has 0 saturated carbocycles. The molecule has 2 aromatic rings. The van der Waals surface area contributed by atoms with Crippen LogP contribution in [0.25, 0.3) is 0 Å². The number of aromatic nitrogens is 1. The summed E-state index contributed by atoms with van der Waals surface area (Å²) in [4.78, 5) is 13.7. The summed E-state index contributed by atoms with van der Waals surface area (Å²) in [5.74, 6) is 0.742. The van der Waals surface area contributed by atoms with Gasteiger partial charge in [-0.25, -0.2) is 4.79 Å². The summed E-state index contributed by atoms with van der Waals surface area (Å²) in [6.45, 7) is 0.953. The molecule has 6 heteroatoms. The molecular weight excluding hydrogens is 272 g/mol. The molecule has 0 aliphatic carbocycles. The molecule has 0 saturated heterocycles. The van der Waals surface area contributed by atoms with Crippen LogP contribution in [-0.2, 0) is 30.9 Å². The Morgan fingerprint density at radius 2 is 2.19 bits per heavy atom. The molecule has 1 aliphatic heterocycles. The van der Waals surface area contributed by atoms with Crippen molar-refractivity contribution in [2.24, 2.45) is 0 Å². The summed E-state index contributed by atoms with van der Waals surface area (Å²) in [7, 11) is 0. The fraction of sp³-hybridized carbons (Fsp3) is 0.333. The molecule has 2 heterocycles. The van der Waals surface area contributed by atoms with Crippen LogP contribution in [-0.4, -0.2) is 27.8 Å². The summed E-state index contributed by atoms with van der Waals surface area (Å²) in [5, 5.41) is 13.0. The van der Waals surface area contributed by atoms with Gasteiger partial charge in [0.25, 0.3) is 0 Å². The lowest BCUT2D eigenvalue weighted by Crippen LogP contribution is -2.36. The highest BCUT2D eigenvalue weighted by molar-refractivity contribution is 5.68. The Kier molecular flexibility index (Phi) is 3.87. The Morgan fingerprint density at radius 1 is 1.38 bits per heavy atom. The van der Waals surface area contributed by atoms with Gasteiger partial charge in [-0.3, -0.25) is 0 Å². The van der Waals surface area contributed by atoms with E-state index < -0.39 is 0 Å². The first-order valence-electron chi connectivity index (χ1n) is 6.80. The van der Waals surface area contributed by atoms with Gasteiger partial charge in [-0.2, -0.15) is 0 Å². The van der Waals surface area contributed by atoms with Crippen molar-refractivity contribution in [2.45, 2.75) is 26.2 Å². The average Bonchev–Trinajstić information content (AvgIpc) is 2.95. The van der Waals surface area contributed by atoms with E-state index in [9.17, 15) is 9.90 Å². The maximum Gasteiger partial charge on any atom is 0.410 e. The van der Waals surface area contributed by atoms with E-state index >= 15 is 0 Å². The third-order valence-corrected chi connectivity index (χ3v) is 3.52. The lowest BCUT2D eigenvalue weighted by Gasteiger charge is -2.25. The number of carbonyl (C=O) groups is 1. The van der Waals surface area contributed by atoms with E-state index in [0.717, 1.165) is 16.9 Å². The van der Waals surface area contributed by atoms with Crippen LogP contribution in [0.15, 0.2) is 34.9 Å². The van der Waals surface area contributed by atoms with Gasteiger partial charge in [0.05, 0.1) is 13.2 Å². The number of fused-ring (bicyclic) bond motifs is 1. The first kappa shape index (κ1) is 13.6. The maximum atomic E-state index is 12.1. The SMILES string of the molecule is O=C(OCc1ccccc1)N1CCc2onc(CO)c2C1. The minimum atomic E-state index is -0.366. The number of amides is 1. The van der Waals surface area contributed by atoms with E-state index in [4.69, 9.17) is 9.26 Å². The summed E-state index contributed by atoms with van der Waals surface area (Å²) < 4.78 is 10.5. The third kappa shape index (κ3) is 2.90. The molecule has 0 bridgehead atoms. The Labute approximate surface area is 121 Å². The molecule has 6 nitrogen and oxygen atoms in total. The van der Waals surface area contributed by atoms with Crippen molar-refractivity contribution in [1.29, 1.82) is 0 Å². The van der Waals surface area contributed by atoms with Crippen molar-refractivity contribution in [1.82, 2.24) is 10.1 Å². The number of nitrogens with zero attached hydrogens (tertiary/aromatic N) is 2. The topological polar surface area (TPSA) is 75.8 Å². The van der Waals surface area contributed by atoms with E-state index in [1.165, 1.54) is 0 Å². The summed E-state index contributed by atoms with van der Waals surface area (Å²) in [6.07, 6.45) is 0.220. The van der Waals surface area contributed by atoms with Gasteiger partial charge in [0, 0.05) is 18.5 Å². The molecule has 1 aromatic carbocycles. The monoisotopic (exact) mass is 288 g/mol. The number of hydrogen-bond acceptors (Lipinski definition) is 5. The van der Waals surface area contributed by atoms with E-state index in [1.54, 1.807) is 4.90 Å². The molecule has 1 aliphatic rings. The van der Waals surface area contributed by atoms with Gasteiger partial charge in [0.2, 0.25) is 0 Å². The second kappa shape index (κ2) is 5.97. The number of hydrogen-bond donors (Lipinski definition) is 1. The summed E-state index contributed by atoms with van der Waals surface area (Å²) >= 11 is 0. The lowest BCUT2D eigenvalue weighted by atomic mass is 10.1. The van der Waals surface area contributed by atoms with Crippen LogP contribution in [0.4, 0.5) is 4.79 Å². The van der Waals surface area contributed by atoms with Gasteiger partial charge < -0.3 is 19.3 Å². The summed E-state index contributed by atoms with van der Waals surface area (Å²) in [5.41, 5.74) is 2.23. The van der Waals surface area contributed by atoms with Crippen LogP contribution in [0.3, 0.4) is 0 Å². The Hall–Kier alpha value is -2.34. The number of aliphatic hydroxyl groups excluding tert-OH is 1. The minimum absolute atomic E-state index is 0.189. The van der Waals surface area contributed by atoms with Gasteiger partial charge in [0.1, 0.15) is 18.1 Å². The van der Waals surface area contributed by atoms with Crippen LogP contribution >= 0.6 is 0 Å². The standard InChI is InChI=1S/C15H16N2O4/c18-9-13-12-8-17(7-6-14(12)21-16-13)15(19)20-10-11-4-2-1-3-5-11/h1-5,18H,6-10H2.